The van der Waals surface area contributed by atoms with Gasteiger partial charge in [-0.1, -0.05) is 18.2 Å². The minimum atomic E-state index is -0.698. The number of hydrogen-bond donors (Lipinski definition) is 0. The minimum absolute atomic E-state index is 0.118. The molecule has 1 aliphatic rings. The van der Waals surface area contributed by atoms with Crippen LogP contribution in [0.1, 0.15) is 11.7 Å². The fourth-order valence-electron chi connectivity index (χ4n) is 3.23. The Bertz CT molecular complexity index is 932. The van der Waals surface area contributed by atoms with E-state index in [0.29, 0.717) is 36.3 Å². The van der Waals surface area contributed by atoms with E-state index < -0.39 is 17.7 Å². The van der Waals surface area contributed by atoms with Crippen molar-refractivity contribution in [3.05, 3.63) is 71.7 Å². The lowest BCUT2D eigenvalue weighted by Gasteiger charge is -2.35. The van der Waals surface area contributed by atoms with Crippen molar-refractivity contribution in [3.63, 3.8) is 0 Å². The van der Waals surface area contributed by atoms with Crippen LogP contribution >= 0.6 is 0 Å². The quantitative estimate of drug-likeness (QED) is 0.696. The Morgan fingerprint density at radius 3 is 2.72 bits per heavy atom. The van der Waals surface area contributed by atoms with Crippen molar-refractivity contribution in [2.45, 2.75) is 6.10 Å². The number of halogens is 3. The van der Waals surface area contributed by atoms with Gasteiger partial charge in [-0.15, -0.1) is 0 Å². The second-order valence-electron chi connectivity index (χ2n) is 5.94. The third-order valence-corrected chi connectivity index (χ3v) is 4.40. The molecule has 1 aromatic heterocycles. The summed E-state index contributed by atoms with van der Waals surface area (Å²) in [4.78, 5) is 5.96. The van der Waals surface area contributed by atoms with Crippen LogP contribution in [0.3, 0.4) is 0 Å². The molecule has 1 atom stereocenters. The highest BCUT2D eigenvalue weighted by Crippen LogP contribution is 2.32. The van der Waals surface area contributed by atoms with Crippen molar-refractivity contribution >= 4 is 16.6 Å². The van der Waals surface area contributed by atoms with Gasteiger partial charge in [0.25, 0.3) is 0 Å². The molecular weight excluding hydrogens is 329 g/mol. The van der Waals surface area contributed by atoms with Crippen LogP contribution in [0.25, 0.3) is 10.9 Å². The molecule has 0 aliphatic carbocycles. The molecule has 2 heterocycles. The van der Waals surface area contributed by atoms with Crippen molar-refractivity contribution in [3.8, 4) is 0 Å². The van der Waals surface area contributed by atoms with E-state index in [0.717, 1.165) is 6.07 Å². The molecule has 0 saturated carbocycles. The number of ether oxygens (including phenoxy) is 1. The number of hydrogen-bond acceptors (Lipinski definition) is 3. The molecule has 6 heteroatoms. The Morgan fingerprint density at radius 1 is 1.04 bits per heavy atom. The van der Waals surface area contributed by atoms with E-state index in [1.165, 1.54) is 18.3 Å². The monoisotopic (exact) mass is 344 g/mol. The summed E-state index contributed by atoms with van der Waals surface area (Å²) >= 11 is 0. The van der Waals surface area contributed by atoms with Gasteiger partial charge in [0.2, 0.25) is 0 Å². The largest absolute Gasteiger partial charge is 0.370 e. The van der Waals surface area contributed by atoms with Gasteiger partial charge < -0.3 is 9.64 Å². The molecule has 1 saturated heterocycles. The van der Waals surface area contributed by atoms with Crippen LogP contribution in [0.15, 0.2) is 48.7 Å². The Hall–Kier alpha value is -2.60. The third kappa shape index (κ3) is 2.93. The van der Waals surface area contributed by atoms with Gasteiger partial charge in [0.15, 0.2) is 5.82 Å². The zero-order chi connectivity index (χ0) is 17.4. The molecule has 25 heavy (non-hydrogen) atoms. The van der Waals surface area contributed by atoms with Gasteiger partial charge in [-0.25, -0.2) is 13.2 Å². The zero-order valence-electron chi connectivity index (χ0n) is 13.3. The SMILES string of the molecule is Fc1cc(F)c2nccc(N3CCOC(c4ccccc4F)C3)c2c1. The molecule has 4 rings (SSSR count). The summed E-state index contributed by atoms with van der Waals surface area (Å²) < 4.78 is 47.4. The van der Waals surface area contributed by atoms with Gasteiger partial charge in [-0.3, -0.25) is 4.98 Å². The highest BCUT2D eigenvalue weighted by Gasteiger charge is 2.25. The second kappa shape index (κ2) is 6.37. The summed E-state index contributed by atoms with van der Waals surface area (Å²) in [5.41, 5.74) is 1.25. The van der Waals surface area contributed by atoms with Crippen LogP contribution in [-0.2, 0) is 4.74 Å². The van der Waals surface area contributed by atoms with E-state index in [-0.39, 0.29) is 11.3 Å². The first-order valence-corrected chi connectivity index (χ1v) is 7.98. The Balaban J connectivity index is 1.73. The fraction of sp³-hybridized carbons (Fsp3) is 0.211. The molecule has 0 spiro atoms. The van der Waals surface area contributed by atoms with Crippen molar-refractivity contribution in [1.29, 1.82) is 0 Å². The molecular formula is C19H15F3N2O. The molecule has 3 nitrogen and oxygen atoms in total. The van der Waals surface area contributed by atoms with Crippen LogP contribution in [-0.4, -0.2) is 24.7 Å². The van der Waals surface area contributed by atoms with Gasteiger partial charge in [0, 0.05) is 42.0 Å². The standard InChI is InChI=1S/C19H15F3N2O/c20-12-9-14-17(5-6-23-19(14)16(22)10-12)24-7-8-25-18(11-24)13-3-1-2-4-15(13)21/h1-6,9-10,18H,7-8,11H2. The lowest BCUT2D eigenvalue weighted by Crippen LogP contribution is -2.38. The molecule has 0 amide bonds. The maximum atomic E-state index is 14.1. The van der Waals surface area contributed by atoms with E-state index in [1.807, 2.05) is 4.90 Å². The van der Waals surface area contributed by atoms with Crippen molar-refractivity contribution in [2.24, 2.45) is 0 Å². The summed E-state index contributed by atoms with van der Waals surface area (Å²) in [6.07, 6.45) is 1.04. The number of fused-ring (bicyclic) bond motifs is 1. The molecule has 1 aliphatic heterocycles. The number of pyridine rings is 1. The summed E-state index contributed by atoms with van der Waals surface area (Å²) in [5, 5.41) is 0.397. The first-order chi connectivity index (χ1) is 12.1. The van der Waals surface area contributed by atoms with Crippen molar-refractivity contribution in [2.75, 3.05) is 24.6 Å². The van der Waals surface area contributed by atoms with Crippen LogP contribution in [0.2, 0.25) is 0 Å². The maximum Gasteiger partial charge on any atom is 0.152 e. The van der Waals surface area contributed by atoms with Crippen LogP contribution in [0, 0.1) is 17.5 Å². The van der Waals surface area contributed by atoms with E-state index in [1.54, 1.807) is 24.3 Å². The van der Waals surface area contributed by atoms with E-state index >= 15 is 0 Å². The highest BCUT2D eigenvalue weighted by atomic mass is 19.1. The van der Waals surface area contributed by atoms with Crippen LogP contribution in [0.4, 0.5) is 18.9 Å². The molecule has 0 bridgehead atoms. The first kappa shape index (κ1) is 15.9. The predicted octanol–water partition coefficient (Wildman–Crippen LogP) is 4.23. The summed E-state index contributed by atoms with van der Waals surface area (Å²) in [6.45, 7) is 1.32. The molecule has 128 valence electrons. The third-order valence-electron chi connectivity index (χ3n) is 4.40. The van der Waals surface area contributed by atoms with Crippen molar-refractivity contribution in [1.82, 2.24) is 4.98 Å². The number of benzene rings is 2. The first-order valence-electron chi connectivity index (χ1n) is 7.98. The Labute approximate surface area is 142 Å². The topological polar surface area (TPSA) is 25.4 Å². The predicted molar refractivity (Wildman–Crippen MR) is 89.0 cm³/mol. The Kier molecular flexibility index (Phi) is 4.05. The van der Waals surface area contributed by atoms with Crippen molar-refractivity contribution < 1.29 is 17.9 Å². The summed E-state index contributed by atoms with van der Waals surface area (Å²) in [6, 6.07) is 10.3. The molecule has 0 radical (unpaired) electrons. The second-order valence-corrected chi connectivity index (χ2v) is 5.94. The van der Waals surface area contributed by atoms with Crippen LogP contribution in [0.5, 0.6) is 0 Å². The van der Waals surface area contributed by atoms with Gasteiger partial charge in [0.1, 0.15) is 23.3 Å². The van der Waals surface area contributed by atoms with Gasteiger partial charge in [-0.2, -0.15) is 0 Å². The average Bonchev–Trinajstić information content (AvgIpc) is 2.62. The summed E-state index contributed by atoms with van der Waals surface area (Å²) in [5.74, 6) is -1.68. The van der Waals surface area contributed by atoms with E-state index in [2.05, 4.69) is 4.98 Å². The van der Waals surface area contributed by atoms with Gasteiger partial charge >= 0.3 is 0 Å². The maximum absolute atomic E-state index is 14.1. The van der Waals surface area contributed by atoms with E-state index in [9.17, 15) is 13.2 Å². The molecule has 2 aromatic carbocycles. The minimum Gasteiger partial charge on any atom is -0.370 e. The van der Waals surface area contributed by atoms with E-state index in [4.69, 9.17) is 4.74 Å². The molecule has 1 unspecified atom stereocenters. The zero-order valence-corrected chi connectivity index (χ0v) is 13.3. The van der Waals surface area contributed by atoms with Crippen LogP contribution < -0.4 is 4.90 Å². The lowest BCUT2D eigenvalue weighted by atomic mass is 10.1. The molecule has 3 aromatic rings. The number of aromatic nitrogens is 1. The highest BCUT2D eigenvalue weighted by molar-refractivity contribution is 5.92. The number of anilines is 1. The number of morpholine rings is 1. The van der Waals surface area contributed by atoms with Gasteiger partial charge in [-0.05, 0) is 18.2 Å². The fourth-order valence-corrected chi connectivity index (χ4v) is 3.23. The van der Waals surface area contributed by atoms with Gasteiger partial charge in [0.05, 0.1) is 6.61 Å². The molecule has 0 N–H and O–H groups in total. The average molecular weight is 344 g/mol. The number of nitrogens with zero attached hydrogens (tertiary/aromatic N) is 2. The lowest BCUT2D eigenvalue weighted by molar-refractivity contribution is 0.0376. The molecule has 1 fully saturated rings. The number of rotatable bonds is 2. The summed E-state index contributed by atoms with van der Waals surface area (Å²) in [7, 11) is 0. The normalized spacial score (nSPS) is 17.9. The Morgan fingerprint density at radius 2 is 1.88 bits per heavy atom. The smallest absolute Gasteiger partial charge is 0.152 e.